The fraction of sp³-hybridized carbons (Fsp3) is 0.538. The summed E-state index contributed by atoms with van der Waals surface area (Å²) in [5.74, 6) is -0.506. The van der Waals surface area contributed by atoms with Crippen molar-refractivity contribution >= 4 is 34.7 Å². The van der Waals surface area contributed by atoms with E-state index in [0.29, 0.717) is 76.1 Å². The predicted molar refractivity (Wildman–Crippen MR) is 141 cm³/mol. The minimum absolute atomic E-state index is 0.0101. The van der Waals surface area contributed by atoms with Gasteiger partial charge in [0.25, 0.3) is 11.8 Å². The molecule has 13 nitrogen and oxygen atoms in total. The van der Waals surface area contributed by atoms with Gasteiger partial charge in [0.05, 0.1) is 19.3 Å². The molecule has 1 unspecified atom stereocenters. The zero-order chi connectivity index (χ0) is 28.3. The standard InChI is InChI=1S/C26H29F2N9O4/c1-29-4-7-37-22-20(28)16-9-14(8-15(16)19(27)21(22)33-34-37)11-35-5-2-26(3-6-35)13-36(25(39)41-26)17-10-30-24-23(31-17)32-18(38)12-40-24/h10,14,29H,2-9,11-13H2,1H3,(H,31,32,38). The van der Waals surface area contributed by atoms with Gasteiger partial charge in [-0.05, 0) is 36.9 Å². The third-order valence-corrected chi connectivity index (χ3v) is 8.46. The number of carbonyl (C=O) groups excluding carboxylic acids is 2. The Bertz CT molecular complexity index is 1560. The number of likely N-dealkylation sites (tertiary alicyclic amines) is 1. The third kappa shape index (κ3) is 4.43. The summed E-state index contributed by atoms with van der Waals surface area (Å²) in [6.07, 6.45) is 3.04. The van der Waals surface area contributed by atoms with Gasteiger partial charge in [0.1, 0.15) is 11.1 Å². The maximum Gasteiger partial charge on any atom is 0.416 e. The highest BCUT2D eigenvalue weighted by Gasteiger charge is 2.48. The van der Waals surface area contributed by atoms with Gasteiger partial charge in [-0.15, -0.1) is 5.10 Å². The molecule has 1 atom stereocenters. The van der Waals surface area contributed by atoms with Crippen molar-refractivity contribution in [3.63, 3.8) is 0 Å². The molecule has 1 aromatic carbocycles. The van der Waals surface area contributed by atoms with E-state index in [2.05, 4.69) is 35.8 Å². The maximum absolute atomic E-state index is 15.6. The average molecular weight is 570 g/mol. The number of amides is 2. The molecule has 2 aromatic heterocycles. The highest BCUT2D eigenvalue weighted by Crippen LogP contribution is 2.39. The van der Waals surface area contributed by atoms with Gasteiger partial charge < -0.3 is 25.0 Å². The number of nitrogens with one attached hydrogen (secondary N) is 2. The van der Waals surface area contributed by atoms with Crippen LogP contribution < -0.4 is 20.3 Å². The lowest BCUT2D eigenvalue weighted by Crippen LogP contribution is -2.48. The van der Waals surface area contributed by atoms with E-state index in [1.165, 1.54) is 15.8 Å². The summed E-state index contributed by atoms with van der Waals surface area (Å²) in [7, 11) is 1.79. The first-order chi connectivity index (χ1) is 19.8. The molecule has 1 spiro atoms. The van der Waals surface area contributed by atoms with Crippen molar-refractivity contribution in [1.82, 2.24) is 35.2 Å². The Morgan fingerprint density at radius 1 is 1.17 bits per heavy atom. The molecule has 4 aliphatic rings. The SMILES string of the molecule is CNCCn1nnc2c(F)c3c(c(F)c21)CC(CN1CCC2(CC1)CN(c1cnc4c(n1)NC(=O)CO4)C(=O)O2)C3. The van der Waals surface area contributed by atoms with Crippen LogP contribution in [0.4, 0.5) is 25.2 Å². The van der Waals surface area contributed by atoms with Crippen LogP contribution in [-0.4, -0.2) is 93.8 Å². The van der Waals surface area contributed by atoms with Crippen LogP contribution in [-0.2, 0) is 28.9 Å². The topological polar surface area (TPSA) is 140 Å². The molecular formula is C26H29F2N9O4. The van der Waals surface area contributed by atoms with Crippen LogP contribution in [0, 0.1) is 17.6 Å². The predicted octanol–water partition coefficient (Wildman–Crippen LogP) is 1.26. The molecule has 0 bridgehead atoms. The van der Waals surface area contributed by atoms with E-state index in [1.807, 2.05) is 0 Å². The lowest BCUT2D eigenvalue weighted by molar-refractivity contribution is -0.118. The molecule has 3 aliphatic heterocycles. The summed E-state index contributed by atoms with van der Waals surface area (Å²) < 4.78 is 43.4. The van der Waals surface area contributed by atoms with Crippen molar-refractivity contribution in [2.45, 2.75) is 37.8 Å². The van der Waals surface area contributed by atoms with E-state index in [1.54, 1.807) is 7.05 Å². The van der Waals surface area contributed by atoms with Crippen LogP contribution >= 0.6 is 0 Å². The molecule has 2 fully saturated rings. The number of rotatable bonds is 6. The second kappa shape index (κ2) is 9.83. The van der Waals surface area contributed by atoms with E-state index in [-0.39, 0.29) is 47.0 Å². The van der Waals surface area contributed by atoms with E-state index >= 15 is 8.78 Å². The minimum Gasteiger partial charge on any atom is -0.465 e. The molecule has 216 valence electrons. The number of carbonyl (C=O) groups is 2. The maximum atomic E-state index is 15.6. The van der Waals surface area contributed by atoms with Crippen molar-refractivity contribution in [3.05, 3.63) is 29.0 Å². The number of anilines is 2. The molecular weight excluding hydrogens is 540 g/mol. The number of halogens is 2. The molecule has 0 radical (unpaired) electrons. The smallest absolute Gasteiger partial charge is 0.416 e. The zero-order valence-electron chi connectivity index (χ0n) is 22.5. The van der Waals surface area contributed by atoms with Gasteiger partial charge in [0.15, 0.2) is 35.4 Å². The number of aromatic nitrogens is 5. The molecule has 41 heavy (non-hydrogen) atoms. The quantitative estimate of drug-likeness (QED) is 0.446. The van der Waals surface area contributed by atoms with Crippen molar-refractivity contribution in [1.29, 1.82) is 0 Å². The number of nitrogens with zero attached hydrogens (tertiary/aromatic N) is 7. The average Bonchev–Trinajstić information content (AvgIpc) is 3.67. The Labute approximate surface area is 233 Å². The zero-order valence-corrected chi connectivity index (χ0v) is 22.5. The Morgan fingerprint density at radius 2 is 1.95 bits per heavy atom. The van der Waals surface area contributed by atoms with Gasteiger partial charge in [-0.25, -0.2) is 28.2 Å². The molecule has 0 saturated carbocycles. The molecule has 7 rings (SSSR count). The summed E-state index contributed by atoms with van der Waals surface area (Å²) in [6.45, 7) is 3.20. The second-order valence-electron chi connectivity index (χ2n) is 11.1. The lowest BCUT2D eigenvalue weighted by Gasteiger charge is -2.38. The van der Waals surface area contributed by atoms with Gasteiger partial charge in [-0.2, -0.15) is 0 Å². The molecule has 2 N–H and O–H groups in total. The number of hydrogen-bond acceptors (Lipinski definition) is 10. The largest absolute Gasteiger partial charge is 0.465 e. The van der Waals surface area contributed by atoms with Crippen LogP contribution in [0.25, 0.3) is 11.0 Å². The number of benzene rings is 1. The second-order valence-corrected chi connectivity index (χ2v) is 11.1. The van der Waals surface area contributed by atoms with Gasteiger partial charge >= 0.3 is 6.09 Å². The van der Waals surface area contributed by atoms with Gasteiger partial charge in [-0.3, -0.25) is 9.69 Å². The normalized spacial score (nSPS) is 21.6. The molecule has 5 heterocycles. The van der Waals surface area contributed by atoms with E-state index in [4.69, 9.17) is 9.47 Å². The number of ether oxygens (including phenoxy) is 2. The lowest BCUT2D eigenvalue weighted by atomic mass is 9.90. The van der Waals surface area contributed by atoms with Crippen molar-refractivity contribution in [2.75, 3.05) is 56.6 Å². The van der Waals surface area contributed by atoms with Crippen LogP contribution in [0.3, 0.4) is 0 Å². The molecule has 1 aliphatic carbocycles. The first-order valence-electron chi connectivity index (χ1n) is 13.7. The van der Waals surface area contributed by atoms with E-state index in [9.17, 15) is 9.59 Å². The van der Waals surface area contributed by atoms with Crippen LogP contribution in [0.15, 0.2) is 6.20 Å². The number of likely N-dealkylation sites (N-methyl/N-ethyl adjacent to an activating group) is 1. The fourth-order valence-electron chi connectivity index (χ4n) is 6.36. The monoisotopic (exact) mass is 569 g/mol. The molecule has 2 saturated heterocycles. The van der Waals surface area contributed by atoms with Gasteiger partial charge in [0, 0.05) is 39.0 Å². The van der Waals surface area contributed by atoms with Crippen LogP contribution in [0.2, 0.25) is 0 Å². The first-order valence-corrected chi connectivity index (χ1v) is 13.7. The summed E-state index contributed by atoms with van der Waals surface area (Å²) in [5.41, 5.74) is 0.286. The number of piperidine rings is 1. The first kappa shape index (κ1) is 26.0. The minimum atomic E-state index is -0.662. The van der Waals surface area contributed by atoms with Crippen molar-refractivity contribution in [3.8, 4) is 5.88 Å². The highest BCUT2D eigenvalue weighted by atomic mass is 19.1. The highest BCUT2D eigenvalue weighted by molar-refractivity contribution is 5.94. The van der Waals surface area contributed by atoms with Crippen molar-refractivity contribution in [2.24, 2.45) is 5.92 Å². The Morgan fingerprint density at radius 3 is 2.73 bits per heavy atom. The Kier molecular flexibility index (Phi) is 6.23. The third-order valence-electron chi connectivity index (χ3n) is 8.46. The molecule has 15 heteroatoms. The fourth-order valence-corrected chi connectivity index (χ4v) is 6.36. The molecule has 2 amide bonds. The summed E-state index contributed by atoms with van der Waals surface area (Å²) in [4.78, 5) is 36.7. The van der Waals surface area contributed by atoms with E-state index < -0.39 is 23.3 Å². The summed E-state index contributed by atoms with van der Waals surface area (Å²) in [5, 5.41) is 13.5. The Balaban J connectivity index is 0.998. The van der Waals surface area contributed by atoms with Crippen LogP contribution in [0.1, 0.15) is 24.0 Å². The van der Waals surface area contributed by atoms with Gasteiger partial charge in [-0.1, -0.05) is 5.21 Å². The number of fused-ring (bicyclic) bond motifs is 3. The van der Waals surface area contributed by atoms with Crippen LogP contribution in [0.5, 0.6) is 5.88 Å². The number of hydrogen-bond donors (Lipinski definition) is 2. The Hall–Kier alpha value is -3.98. The van der Waals surface area contributed by atoms with E-state index in [0.717, 1.165) is 0 Å². The summed E-state index contributed by atoms with van der Waals surface area (Å²) >= 11 is 0. The van der Waals surface area contributed by atoms with Gasteiger partial charge in [0.2, 0.25) is 0 Å². The van der Waals surface area contributed by atoms with Crippen molar-refractivity contribution < 1.29 is 27.8 Å². The summed E-state index contributed by atoms with van der Waals surface area (Å²) in [6, 6.07) is 0. The molecule has 3 aromatic rings.